The number of anilines is 1. The van der Waals surface area contributed by atoms with Gasteiger partial charge in [0.2, 0.25) is 5.82 Å². The molecule has 1 aromatic carbocycles. The zero-order valence-electron chi connectivity index (χ0n) is 10.8. The minimum Gasteiger partial charge on any atom is -0.365 e. The number of primary amides is 1. The van der Waals surface area contributed by atoms with Crippen molar-refractivity contribution in [2.45, 2.75) is 0 Å². The first-order valence-corrected chi connectivity index (χ1v) is 5.72. The fourth-order valence-corrected chi connectivity index (χ4v) is 1.64. The van der Waals surface area contributed by atoms with Crippen LogP contribution in [0, 0.1) is 21.4 Å². The molecule has 0 saturated heterocycles. The molecule has 1 heterocycles. The van der Waals surface area contributed by atoms with Crippen LogP contribution in [0.25, 0.3) is 5.57 Å². The summed E-state index contributed by atoms with van der Waals surface area (Å²) in [6, 6.07) is 5.76. The van der Waals surface area contributed by atoms with E-state index in [-0.39, 0.29) is 22.6 Å². The zero-order chi connectivity index (χ0) is 16.1. The molecule has 4 N–H and O–H groups in total. The van der Waals surface area contributed by atoms with Crippen molar-refractivity contribution >= 4 is 22.9 Å². The first kappa shape index (κ1) is 14.6. The zero-order valence-corrected chi connectivity index (χ0v) is 10.8. The molecule has 1 aromatic heterocycles. The number of rotatable bonds is 5. The van der Waals surface area contributed by atoms with Crippen LogP contribution in [0.1, 0.15) is 16.2 Å². The second-order valence-corrected chi connectivity index (χ2v) is 3.87. The quantitative estimate of drug-likeness (QED) is 0.397. The SMILES string of the molecule is N#CC(=CNc1cccc([N+](=O)[O-])c1C(N)=O)c1nn[nH]n1. The molecule has 0 spiro atoms. The number of aromatic nitrogens is 4. The summed E-state index contributed by atoms with van der Waals surface area (Å²) in [7, 11) is 0. The molecule has 0 fully saturated rings. The molecule has 0 aliphatic carbocycles. The van der Waals surface area contributed by atoms with E-state index in [9.17, 15) is 14.9 Å². The third-order valence-electron chi connectivity index (χ3n) is 2.56. The molecule has 0 radical (unpaired) electrons. The maximum atomic E-state index is 11.4. The number of nitriles is 1. The standard InChI is InChI=1S/C11H8N8O3/c12-4-6(11-15-17-18-16-11)5-14-7-2-1-3-8(19(21)22)9(7)10(13)20/h1-3,5,14H,(H2,13,20)(H,15,16,17,18). The maximum absolute atomic E-state index is 11.4. The summed E-state index contributed by atoms with van der Waals surface area (Å²) < 4.78 is 0. The number of nitro benzene ring substituents is 1. The van der Waals surface area contributed by atoms with Crippen LogP contribution < -0.4 is 11.1 Å². The van der Waals surface area contributed by atoms with E-state index in [4.69, 9.17) is 11.0 Å². The highest BCUT2D eigenvalue weighted by Crippen LogP contribution is 2.26. The van der Waals surface area contributed by atoms with Gasteiger partial charge in [-0.05, 0) is 11.3 Å². The molecule has 0 atom stereocenters. The first-order valence-electron chi connectivity index (χ1n) is 5.72. The number of nitro groups is 1. The van der Waals surface area contributed by atoms with E-state index in [0.29, 0.717) is 0 Å². The molecule has 22 heavy (non-hydrogen) atoms. The van der Waals surface area contributed by atoms with Crippen LogP contribution in [-0.2, 0) is 0 Å². The van der Waals surface area contributed by atoms with Gasteiger partial charge in [-0.1, -0.05) is 6.07 Å². The van der Waals surface area contributed by atoms with Crippen molar-refractivity contribution in [1.82, 2.24) is 20.6 Å². The lowest BCUT2D eigenvalue weighted by Gasteiger charge is -2.07. The fraction of sp³-hybridized carbons (Fsp3) is 0. The smallest absolute Gasteiger partial charge is 0.284 e. The van der Waals surface area contributed by atoms with E-state index in [1.807, 2.05) is 6.07 Å². The average Bonchev–Trinajstić information content (AvgIpc) is 3.01. The molecule has 11 nitrogen and oxygen atoms in total. The number of aromatic amines is 1. The summed E-state index contributed by atoms with van der Waals surface area (Å²) in [6.07, 6.45) is 1.19. The third-order valence-corrected chi connectivity index (χ3v) is 2.56. The van der Waals surface area contributed by atoms with Crippen LogP contribution in [0.4, 0.5) is 11.4 Å². The van der Waals surface area contributed by atoms with Gasteiger partial charge in [0.05, 0.1) is 10.6 Å². The topological polar surface area (TPSA) is 177 Å². The fourth-order valence-electron chi connectivity index (χ4n) is 1.64. The number of nitrogens with zero attached hydrogens (tertiary/aromatic N) is 5. The van der Waals surface area contributed by atoms with Crippen LogP contribution in [0.3, 0.4) is 0 Å². The maximum Gasteiger partial charge on any atom is 0.284 e. The molecule has 2 rings (SSSR count). The Morgan fingerprint density at radius 3 is 2.86 bits per heavy atom. The van der Waals surface area contributed by atoms with Crippen LogP contribution in [0.15, 0.2) is 24.4 Å². The van der Waals surface area contributed by atoms with Gasteiger partial charge in [0.15, 0.2) is 0 Å². The average molecular weight is 300 g/mol. The summed E-state index contributed by atoms with van der Waals surface area (Å²) in [5, 5.41) is 35.3. The molecule has 0 bridgehead atoms. The number of nitrogens with one attached hydrogen (secondary N) is 2. The second-order valence-electron chi connectivity index (χ2n) is 3.87. The summed E-state index contributed by atoms with van der Waals surface area (Å²) in [5.41, 5.74) is 4.53. The molecular weight excluding hydrogens is 292 g/mol. The lowest BCUT2D eigenvalue weighted by atomic mass is 10.1. The summed E-state index contributed by atoms with van der Waals surface area (Å²) >= 11 is 0. The predicted octanol–water partition coefficient (Wildman–Crippen LogP) is 0.183. The van der Waals surface area contributed by atoms with Crippen LogP contribution in [0.2, 0.25) is 0 Å². The first-order chi connectivity index (χ1) is 10.5. The van der Waals surface area contributed by atoms with E-state index in [0.717, 1.165) is 6.07 Å². The Kier molecular flexibility index (Phi) is 4.04. The lowest BCUT2D eigenvalue weighted by molar-refractivity contribution is -0.385. The van der Waals surface area contributed by atoms with Crippen molar-refractivity contribution in [2.75, 3.05) is 5.32 Å². The van der Waals surface area contributed by atoms with Crippen LogP contribution in [0.5, 0.6) is 0 Å². The molecule has 0 saturated carbocycles. The van der Waals surface area contributed by atoms with Crippen molar-refractivity contribution in [3.05, 3.63) is 45.9 Å². The van der Waals surface area contributed by atoms with Crippen molar-refractivity contribution in [3.63, 3.8) is 0 Å². The highest BCUT2D eigenvalue weighted by atomic mass is 16.6. The summed E-state index contributed by atoms with van der Waals surface area (Å²) in [4.78, 5) is 21.6. The van der Waals surface area contributed by atoms with E-state index in [2.05, 4.69) is 25.9 Å². The number of allylic oxidation sites excluding steroid dienone is 1. The molecule has 2 aromatic rings. The largest absolute Gasteiger partial charge is 0.365 e. The van der Waals surface area contributed by atoms with Gasteiger partial charge >= 0.3 is 0 Å². The van der Waals surface area contributed by atoms with E-state index >= 15 is 0 Å². The van der Waals surface area contributed by atoms with Crippen molar-refractivity contribution in [3.8, 4) is 6.07 Å². The number of carbonyl (C=O) groups excluding carboxylic acids is 1. The van der Waals surface area contributed by atoms with Gasteiger partial charge in [0, 0.05) is 12.3 Å². The highest BCUT2D eigenvalue weighted by Gasteiger charge is 2.21. The Labute approximate surface area is 122 Å². The van der Waals surface area contributed by atoms with Gasteiger partial charge < -0.3 is 11.1 Å². The minimum atomic E-state index is -0.971. The molecule has 0 aliphatic rings. The van der Waals surface area contributed by atoms with Gasteiger partial charge in [-0.2, -0.15) is 10.5 Å². The molecule has 11 heteroatoms. The normalized spacial score (nSPS) is 10.8. The number of hydrogen-bond donors (Lipinski definition) is 3. The van der Waals surface area contributed by atoms with Crippen molar-refractivity contribution in [1.29, 1.82) is 5.26 Å². The Balaban J connectivity index is 2.42. The molecule has 110 valence electrons. The Hall–Kier alpha value is -3.81. The van der Waals surface area contributed by atoms with Gasteiger partial charge in [-0.25, -0.2) is 0 Å². The van der Waals surface area contributed by atoms with Crippen LogP contribution >= 0.6 is 0 Å². The van der Waals surface area contributed by atoms with Gasteiger partial charge in [0.25, 0.3) is 11.6 Å². The Morgan fingerprint density at radius 2 is 2.32 bits per heavy atom. The van der Waals surface area contributed by atoms with Crippen LogP contribution in [-0.4, -0.2) is 31.5 Å². The van der Waals surface area contributed by atoms with Gasteiger partial charge in [-0.15, -0.1) is 10.2 Å². The highest BCUT2D eigenvalue weighted by molar-refractivity contribution is 6.02. The number of H-pyrrole nitrogens is 1. The van der Waals surface area contributed by atoms with Crippen molar-refractivity contribution < 1.29 is 9.72 Å². The summed E-state index contributed by atoms with van der Waals surface area (Å²) in [6.45, 7) is 0. The second kappa shape index (κ2) is 6.09. The summed E-state index contributed by atoms with van der Waals surface area (Å²) in [5.74, 6) is -0.942. The van der Waals surface area contributed by atoms with E-state index in [1.165, 1.54) is 18.3 Å². The number of benzene rings is 1. The number of amides is 1. The van der Waals surface area contributed by atoms with E-state index in [1.54, 1.807) is 0 Å². The minimum absolute atomic E-state index is 0.00989. The Bertz CT molecular complexity index is 790. The predicted molar refractivity (Wildman–Crippen MR) is 73.0 cm³/mol. The third kappa shape index (κ3) is 2.85. The molecule has 0 unspecified atom stereocenters. The van der Waals surface area contributed by atoms with Crippen molar-refractivity contribution in [2.24, 2.45) is 5.73 Å². The molecule has 1 amide bonds. The van der Waals surface area contributed by atoms with E-state index < -0.39 is 16.5 Å². The number of nitrogens with two attached hydrogens (primary N) is 1. The monoisotopic (exact) mass is 300 g/mol. The number of hydrogen-bond acceptors (Lipinski definition) is 8. The Morgan fingerprint density at radius 1 is 1.55 bits per heavy atom. The van der Waals surface area contributed by atoms with Gasteiger partial charge in [0.1, 0.15) is 17.2 Å². The number of tetrazole rings is 1. The number of carbonyl (C=O) groups is 1. The lowest BCUT2D eigenvalue weighted by Crippen LogP contribution is -2.15. The molecular formula is C11H8N8O3. The van der Waals surface area contributed by atoms with Gasteiger partial charge in [-0.3, -0.25) is 14.9 Å². The molecule has 0 aliphatic heterocycles.